The summed E-state index contributed by atoms with van der Waals surface area (Å²) in [4.78, 5) is 12.0. The van der Waals surface area contributed by atoms with Gasteiger partial charge < -0.3 is 15.8 Å². The molecule has 0 aromatic heterocycles. The fourth-order valence-corrected chi connectivity index (χ4v) is 2.68. The van der Waals surface area contributed by atoms with E-state index in [-0.39, 0.29) is 36.0 Å². The molecule has 0 aliphatic heterocycles. The Hall–Kier alpha value is -1.33. The highest BCUT2D eigenvalue weighted by Crippen LogP contribution is 2.26. The molecule has 1 aliphatic carbocycles. The Kier molecular flexibility index (Phi) is 6.92. The molecule has 0 spiro atoms. The van der Waals surface area contributed by atoms with E-state index in [0.717, 1.165) is 25.7 Å². The van der Waals surface area contributed by atoms with Crippen molar-refractivity contribution < 1.29 is 13.9 Å². The quantitative estimate of drug-likeness (QED) is 0.897. The van der Waals surface area contributed by atoms with E-state index in [2.05, 4.69) is 5.32 Å². The molecule has 1 aliphatic rings. The largest absolute Gasteiger partial charge is 0.494 e. The highest BCUT2D eigenvalue weighted by Gasteiger charge is 2.24. The molecule has 1 aromatic rings. The second kappa shape index (κ2) is 8.20. The van der Waals surface area contributed by atoms with Crippen molar-refractivity contribution in [1.29, 1.82) is 0 Å². The van der Waals surface area contributed by atoms with Gasteiger partial charge in [-0.3, -0.25) is 4.79 Å². The smallest absolute Gasteiger partial charge is 0.224 e. The summed E-state index contributed by atoms with van der Waals surface area (Å²) in [5, 5.41) is 2.71. The third kappa shape index (κ3) is 4.86. The second-order valence-electron chi connectivity index (χ2n) is 5.31. The van der Waals surface area contributed by atoms with Crippen LogP contribution in [0.5, 0.6) is 5.75 Å². The number of rotatable bonds is 4. The van der Waals surface area contributed by atoms with Gasteiger partial charge in [-0.05, 0) is 30.9 Å². The predicted molar refractivity (Wildman–Crippen MR) is 83.4 cm³/mol. The number of benzene rings is 1. The van der Waals surface area contributed by atoms with Crippen molar-refractivity contribution in [3.63, 3.8) is 0 Å². The fourth-order valence-electron chi connectivity index (χ4n) is 2.68. The minimum Gasteiger partial charge on any atom is -0.494 e. The lowest BCUT2D eigenvalue weighted by atomic mass is 9.83. The summed E-state index contributed by atoms with van der Waals surface area (Å²) >= 11 is 0. The average Bonchev–Trinajstić information content (AvgIpc) is 2.41. The van der Waals surface area contributed by atoms with Crippen LogP contribution in [-0.4, -0.2) is 19.1 Å². The van der Waals surface area contributed by atoms with Gasteiger partial charge in [-0.15, -0.1) is 12.4 Å². The summed E-state index contributed by atoms with van der Waals surface area (Å²) in [5.41, 5.74) is 6.47. The lowest BCUT2D eigenvalue weighted by Gasteiger charge is -2.27. The predicted octanol–water partition coefficient (Wildman–Crippen LogP) is 3.10. The van der Waals surface area contributed by atoms with E-state index in [0.29, 0.717) is 12.1 Å². The molecule has 1 saturated carbocycles. The summed E-state index contributed by atoms with van der Waals surface area (Å²) in [7, 11) is 1.40. The van der Waals surface area contributed by atoms with Crippen molar-refractivity contribution in [3.05, 3.63) is 24.0 Å². The molecular weight excluding hydrogens is 295 g/mol. The van der Waals surface area contributed by atoms with Gasteiger partial charge >= 0.3 is 0 Å². The molecule has 0 bridgehead atoms. The Morgan fingerprint density at radius 2 is 2.14 bits per heavy atom. The van der Waals surface area contributed by atoms with Crippen molar-refractivity contribution in [1.82, 2.24) is 0 Å². The molecule has 0 radical (unpaired) electrons. The maximum atomic E-state index is 13.5. The first-order chi connectivity index (χ1) is 9.60. The van der Waals surface area contributed by atoms with E-state index >= 15 is 0 Å². The van der Waals surface area contributed by atoms with E-state index < -0.39 is 5.82 Å². The lowest BCUT2D eigenvalue weighted by molar-refractivity contribution is -0.117. The number of methoxy groups -OCH3 is 1. The SMILES string of the molecule is COc1ccc(NC(=O)CC2CCCCC2N)cc1F.Cl. The van der Waals surface area contributed by atoms with Crippen molar-refractivity contribution in [3.8, 4) is 5.75 Å². The van der Waals surface area contributed by atoms with Gasteiger partial charge in [0.05, 0.1) is 7.11 Å². The average molecular weight is 317 g/mol. The zero-order chi connectivity index (χ0) is 14.5. The Balaban J connectivity index is 0.00000220. The third-order valence-corrected chi connectivity index (χ3v) is 3.85. The summed E-state index contributed by atoms with van der Waals surface area (Å²) in [6, 6.07) is 4.48. The molecule has 6 heteroatoms. The molecule has 21 heavy (non-hydrogen) atoms. The number of nitrogens with two attached hydrogens (primary N) is 1. The number of nitrogens with one attached hydrogen (secondary N) is 1. The minimum atomic E-state index is -0.486. The van der Waals surface area contributed by atoms with Gasteiger partial charge in [-0.2, -0.15) is 0 Å². The van der Waals surface area contributed by atoms with E-state index in [1.165, 1.54) is 19.2 Å². The van der Waals surface area contributed by atoms with Gasteiger partial charge in [0.15, 0.2) is 11.6 Å². The lowest BCUT2D eigenvalue weighted by Crippen LogP contribution is -2.35. The molecule has 0 saturated heterocycles. The molecule has 1 aromatic carbocycles. The number of carbonyl (C=O) groups is 1. The Bertz CT molecular complexity index is 485. The van der Waals surface area contributed by atoms with Crippen molar-refractivity contribution in [2.24, 2.45) is 11.7 Å². The molecule has 118 valence electrons. The first kappa shape index (κ1) is 17.7. The topological polar surface area (TPSA) is 64.3 Å². The normalized spacial score (nSPS) is 21.3. The number of amides is 1. The second-order valence-corrected chi connectivity index (χ2v) is 5.31. The van der Waals surface area contributed by atoms with Crippen LogP contribution in [0.15, 0.2) is 18.2 Å². The monoisotopic (exact) mass is 316 g/mol. The summed E-state index contributed by atoms with van der Waals surface area (Å²) < 4.78 is 18.4. The molecule has 0 heterocycles. The number of anilines is 1. The van der Waals surface area contributed by atoms with Crippen molar-refractivity contribution in [2.45, 2.75) is 38.1 Å². The third-order valence-electron chi connectivity index (χ3n) is 3.85. The van der Waals surface area contributed by atoms with Gasteiger partial charge in [0.25, 0.3) is 0 Å². The van der Waals surface area contributed by atoms with Gasteiger partial charge in [0.2, 0.25) is 5.91 Å². The Morgan fingerprint density at radius 1 is 1.43 bits per heavy atom. The van der Waals surface area contributed by atoms with Crippen LogP contribution in [0.1, 0.15) is 32.1 Å². The van der Waals surface area contributed by atoms with Crippen LogP contribution in [0, 0.1) is 11.7 Å². The highest BCUT2D eigenvalue weighted by atomic mass is 35.5. The first-order valence-corrected chi connectivity index (χ1v) is 6.99. The molecule has 1 amide bonds. The molecule has 2 unspecified atom stereocenters. The molecule has 4 nitrogen and oxygen atoms in total. The van der Waals surface area contributed by atoms with Crippen molar-refractivity contribution >= 4 is 24.0 Å². The summed E-state index contributed by atoms with van der Waals surface area (Å²) in [6.45, 7) is 0. The van der Waals surface area contributed by atoms with E-state index in [1.54, 1.807) is 6.07 Å². The zero-order valence-corrected chi connectivity index (χ0v) is 12.9. The molecule has 1 fully saturated rings. The highest BCUT2D eigenvalue weighted by molar-refractivity contribution is 5.91. The zero-order valence-electron chi connectivity index (χ0n) is 12.1. The van der Waals surface area contributed by atoms with Crippen LogP contribution < -0.4 is 15.8 Å². The summed E-state index contributed by atoms with van der Waals surface area (Å²) in [6.07, 6.45) is 4.64. The van der Waals surface area contributed by atoms with Crippen LogP contribution in [0.2, 0.25) is 0 Å². The van der Waals surface area contributed by atoms with Gasteiger partial charge in [0, 0.05) is 24.2 Å². The number of carbonyl (C=O) groups excluding carboxylic acids is 1. The Labute approximate surface area is 130 Å². The van der Waals surface area contributed by atoms with Crippen LogP contribution >= 0.6 is 12.4 Å². The number of hydrogen-bond donors (Lipinski definition) is 2. The molecule has 2 rings (SSSR count). The van der Waals surface area contributed by atoms with E-state index in [1.807, 2.05) is 0 Å². The van der Waals surface area contributed by atoms with Crippen LogP contribution in [0.4, 0.5) is 10.1 Å². The number of halogens is 2. The molecule has 2 atom stereocenters. The minimum absolute atomic E-state index is 0. The maximum Gasteiger partial charge on any atom is 0.224 e. The van der Waals surface area contributed by atoms with Crippen molar-refractivity contribution in [2.75, 3.05) is 12.4 Å². The maximum absolute atomic E-state index is 13.5. The van der Waals surface area contributed by atoms with Crippen LogP contribution in [-0.2, 0) is 4.79 Å². The van der Waals surface area contributed by atoms with Gasteiger partial charge in [-0.1, -0.05) is 12.8 Å². The number of hydrogen-bond acceptors (Lipinski definition) is 3. The van der Waals surface area contributed by atoms with E-state index in [4.69, 9.17) is 10.5 Å². The van der Waals surface area contributed by atoms with Gasteiger partial charge in [0.1, 0.15) is 0 Å². The summed E-state index contributed by atoms with van der Waals surface area (Å²) in [5.74, 6) is -0.208. The molecular formula is C15H22ClFN2O2. The first-order valence-electron chi connectivity index (χ1n) is 6.99. The number of ether oxygens (including phenoxy) is 1. The van der Waals surface area contributed by atoms with Gasteiger partial charge in [-0.25, -0.2) is 4.39 Å². The fraction of sp³-hybridized carbons (Fsp3) is 0.533. The Morgan fingerprint density at radius 3 is 2.76 bits per heavy atom. The van der Waals surface area contributed by atoms with E-state index in [9.17, 15) is 9.18 Å². The van der Waals surface area contributed by atoms with Crippen LogP contribution in [0.3, 0.4) is 0 Å². The molecule has 3 N–H and O–H groups in total. The standard InChI is InChI=1S/C15H21FN2O2.ClH/c1-20-14-7-6-11(9-12(14)16)18-15(19)8-10-4-2-3-5-13(10)17;/h6-7,9-10,13H,2-5,8,17H2,1H3,(H,18,19);1H. The van der Waals surface area contributed by atoms with Crippen LogP contribution in [0.25, 0.3) is 0 Å².